The predicted molar refractivity (Wildman–Crippen MR) is 57.0 cm³/mol. The molecule has 4 atom stereocenters. The van der Waals surface area contributed by atoms with Gasteiger partial charge in [0.2, 0.25) is 5.91 Å². The number of aliphatic hydroxyl groups is 1. The minimum atomic E-state index is -1.62. The zero-order valence-corrected chi connectivity index (χ0v) is 10.1. The van der Waals surface area contributed by atoms with Gasteiger partial charge in [-0.2, -0.15) is 0 Å². The Kier molecular flexibility index (Phi) is 2.67. The number of hydrogen-bond acceptors (Lipinski definition) is 4. The quantitative estimate of drug-likeness (QED) is 0.693. The van der Waals surface area contributed by atoms with Crippen molar-refractivity contribution in [2.45, 2.75) is 38.5 Å². The van der Waals surface area contributed by atoms with E-state index in [0.717, 1.165) is 4.90 Å². The lowest BCUT2D eigenvalue weighted by atomic mass is 9.80. The molecule has 0 saturated carbocycles. The Labute approximate surface area is 99.2 Å². The van der Waals surface area contributed by atoms with Crippen LogP contribution < -0.4 is 0 Å². The van der Waals surface area contributed by atoms with Gasteiger partial charge in [0.05, 0.1) is 12.0 Å². The van der Waals surface area contributed by atoms with Crippen LogP contribution in [0.15, 0.2) is 0 Å². The van der Waals surface area contributed by atoms with E-state index in [9.17, 15) is 19.8 Å². The number of rotatable bonds is 2. The van der Waals surface area contributed by atoms with E-state index in [4.69, 9.17) is 4.74 Å². The molecular formula is C11H17NO5. The van der Waals surface area contributed by atoms with Gasteiger partial charge in [-0.05, 0) is 5.92 Å². The number of ether oxygens (including phenoxy) is 1. The summed E-state index contributed by atoms with van der Waals surface area (Å²) in [7, 11) is 0. The number of carboxylic acids is 1. The summed E-state index contributed by atoms with van der Waals surface area (Å²) in [5, 5.41) is 19.6. The smallest absolute Gasteiger partial charge is 0.335 e. The van der Waals surface area contributed by atoms with Gasteiger partial charge >= 0.3 is 5.97 Å². The van der Waals surface area contributed by atoms with E-state index in [1.807, 2.05) is 13.8 Å². The van der Waals surface area contributed by atoms with E-state index in [1.165, 1.54) is 0 Å². The van der Waals surface area contributed by atoms with Gasteiger partial charge in [0.15, 0.2) is 5.54 Å². The number of aliphatic carboxylic acids is 1. The summed E-state index contributed by atoms with van der Waals surface area (Å²) in [4.78, 5) is 24.6. The van der Waals surface area contributed by atoms with Crippen LogP contribution in [-0.4, -0.2) is 51.5 Å². The van der Waals surface area contributed by atoms with Gasteiger partial charge in [-0.1, -0.05) is 20.8 Å². The number of carboxylic acid groups (broad SMARTS) is 1. The molecule has 4 unspecified atom stereocenters. The number of aliphatic hydroxyl groups excluding tert-OH is 1. The lowest BCUT2D eigenvalue weighted by Gasteiger charge is -2.35. The van der Waals surface area contributed by atoms with Gasteiger partial charge in [0.25, 0.3) is 0 Å². The van der Waals surface area contributed by atoms with Crippen molar-refractivity contribution in [2.24, 2.45) is 11.8 Å². The van der Waals surface area contributed by atoms with Gasteiger partial charge in [-0.25, -0.2) is 4.79 Å². The summed E-state index contributed by atoms with van der Waals surface area (Å²) in [6.45, 7) is 5.13. The lowest BCUT2D eigenvalue weighted by Crippen LogP contribution is -2.61. The molecule has 0 aromatic heterocycles. The molecule has 0 radical (unpaired) electrons. The molecule has 2 saturated heterocycles. The van der Waals surface area contributed by atoms with E-state index >= 15 is 0 Å². The van der Waals surface area contributed by atoms with Crippen molar-refractivity contribution < 1.29 is 24.5 Å². The molecule has 2 N–H and O–H groups in total. The molecule has 6 nitrogen and oxygen atoms in total. The number of amides is 1. The molecule has 0 spiro atoms. The van der Waals surface area contributed by atoms with E-state index in [-0.39, 0.29) is 18.6 Å². The highest BCUT2D eigenvalue weighted by molar-refractivity contribution is 5.94. The van der Waals surface area contributed by atoms with Crippen molar-refractivity contribution in [3.63, 3.8) is 0 Å². The Bertz CT molecular complexity index is 369. The topological polar surface area (TPSA) is 87.1 Å². The molecule has 0 aliphatic carbocycles. The standard InChI is InChI=1S/C11H17NO5/c1-5(2)8-11(10(15)16)7(13)6(3)9(14)12(11)4-17-8/h5-8,13H,4H2,1-3H3,(H,15,16). The Morgan fingerprint density at radius 1 is 1.59 bits per heavy atom. The maximum atomic E-state index is 11.9. The lowest BCUT2D eigenvalue weighted by molar-refractivity contribution is -0.159. The van der Waals surface area contributed by atoms with E-state index in [0.29, 0.717) is 0 Å². The minimum Gasteiger partial charge on any atom is -0.479 e. The first-order valence-electron chi connectivity index (χ1n) is 5.69. The highest BCUT2D eigenvalue weighted by atomic mass is 16.5. The molecule has 2 aliphatic rings. The van der Waals surface area contributed by atoms with E-state index in [1.54, 1.807) is 6.92 Å². The van der Waals surface area contributed by atoms with Crippen molar-refractivity contribution in [2.75, 3.05) is 6.73 Å². The largest absolute Gasteiger partial charge is 0.479 e. The number of carbonyl (C=O) groups excluding carboxylic acids is 1. The average molecular weight is 243 g/mol. The molecule has 2 aliphatic heterocycles. The fourth-order valence-corrected chi connectivity index (χ4v) is 2.94. The first kappa shape index (κ1) is 12.3. The summed E-state index contributed by atoms with van der Waals surface area (Å²) in [5.74, 6) is -2.35. The highest BCUT2D eigenvalue weighted by Gasteiger charge is 2.69. The molecular weight excluding hydrogens is 226 g/mol. The van der Waals surface area contributed by atoms with Crippen molar-refractivity contribution in [1.82, 2.24) is 4.90 Å². The molecule has 0 aromatic carbocycles. The minimum absolute atomic E-state index is 0.0601. The molecule has 0 aromatic rings. The van der Waals surface area contributed by atoms with Gasteiger partial charge in [0, 0.05) is 0 Å². The predicted octanol–water partition coefficient (Wildman–Crippen LogP) is -0.339. The molecule has 2 rings (SSSR count). The van der Waals surface area contributed by atoms with Gasteiger partial charge in [0.1, 0.15) is 12.8 Å². The number of carbonyl (C=O) groups is 2. The van der Waals surface area contributed by atoms with Crippen LogP contribution >= 0.6 is 0 Å². The monoisotopic (exact) mass is 243 g/mol. The van der Waals surface area contributed by atoms with Crippen LogP contribution in [0, 0.1) is 11.8 Å². The Hall–Kier alpha value is -1.14. The van der Waals surface area contributed by atoms with Crippen molar-refractivity contribution in [3.8, 4) is 0 Å². The normalized spacial score (nSPS) is 41.1. The number of nitrogens with zero attached hydrogens (tertiary/aromatic N) is 1. The van der Waals surface area contributed by atoms with E-state index in [2.05, 4.69) is 0 Å². The molecule has 1 amide bonds. The SMILES string of the molecule is CC(C)C1OCN2C(=O)C(C)C(O)C12C(=O)O. The van der Waals surface area contributed by atoms with Crippen LogP contribution in [0.1, 0.15) is 20.8 Å². The third-order valence-electron chi connectivity index (χ3n) is 3.79. The fourth-order valence-electron chi connectivity index (χ4n) is 2.94. The molecule has 0 bridgehead atoms. The van der Waals surface area contributed by atoms with Crippen LogP contribution in [0.25, 0.3) is 0 Å². The van der Waals surface area contributed by atoms with Crippen molar-refractivity contribution in [3.05, 3.63) is 0 Å². The third-order valence-corrected chi connectivity index (χ3v) is 3.79. The summed E-state index contributed by atoms with van der Waals surface area (Å²) in [5.41, 5.74) is -1.62. The molecule has 96 valence electrons. The first-order chi connectivity index (χ1) is 7.85. The maximum Gasteiger partial charge on any atom is 0.335 e. The Morgan fingerprint density at radius 3 is 2.65 bits per heavy atom. The second kappa shape index (κ2) is 3.68. The van der Waals surface area contributed by atoms with E-state index < -0.39 is 29.6 Å². The van der Waals surface area contributed by atoms with Crippen molar-refractivity contribution in [1.29, 1.82) is 0 Å². The van der Waals surface area contributed by atoms with Crippen LogP contribution in [0.3, 0.4) is 0 Å². The average Bonchev–Trinajstić information content (AvgIpc) is 2.73. The van der Waals surface area contributed by atoms with Crippen LogP contribution in [-0.2, 0) is 14.3 Å². The van der Waals surface area contributed by atoms with Crippen LogP contribution in [0.2, 0.25) is 0 Å². The Morgan fingerprint density at radius 2 is 2.18 bits per heavy atom. The third kappa shape index (κ3) is 1.28. The molecule has 2 heterocycles. The van der Waals surface area contributed by atoms with Gasteiger partial charge in [-0.15, -0.1) is 0 Å². The maximum absolute atomic E-state index is 11.9. The summed E-state index contributed by atoms with van der Waals surface area (Å²) < 4.78 is 5.40. The number of fused-ring (bicyclic) bond motifs is 1. The number of hydrogen-bond donors (Lipinski definition) is 2. The molecule has 6 heteroatoms. The summed E-state index contributed by atoms with van der Waals surface area (Å²) >= 11 is 0. The van der Waals surface area contributed by atoms with Crippen LogP contribution in [0.4, 0.5) is 0 Å². The van der Waals surface area contributed by atoms with Gasteiger partial charge in [-0.3, -0.25) is 9.69 Å². The first-order valence-corrected chi connectivity index (χ1v) is 5.69. The van der Waals surface area contributed by atoms with Crippen LogP contribution in [0.5, 0.6) is 0 Å². The zero-order chi connectivity index (χ0) is 13.0. The zero-order valence-electron chi connectivity index (χ0n) is 10.1. The fraction of sp³-hybridized carbons (Fsp3) is 0.818. The highest BCUT2D eigenvalue weighted by Crippen LogP contribution is 2.44. The molecule has 17 heavy (non-hydrogen) atoms. The summed E-state index contributed by atoms with van der Waals surface area (Å²) in [6, 6.07) is 0. The molecule has 2 fully saturated rings. The van der Waals surface area contributed by atoms with Crippen molar-refractivity contribution >= 4 is 11.9 Å². The Balaban J connectivity index is 2.53. The van der Waals surface area contributed by atoms with Gasteiger partial charge < -0.3 is 14.9 Å². The summed E-state index contributed by atoms with van der Waals surface area (Å²) in [6.07, 6.45) is -1.91. The second-order valence-corrected chi connectivity index (χ2v) is 5.09. The second-order valence-electron chi connectivity index (χ2n) is 5.09.